The van der Waals surface area contributed by atoms with Crippen molar-refractivity contribution in [1.29, 1.82) is 5.26 Å². The van der Waals surface area contributed by atoms with Crippen LogP contribution >= 0.6 is 15.9 Å². The third kappa shape index (κ3) is 2.91. The fourth-order valence-electron chi connectivity index (χ4n) is 1.24. The summed E-state index contributed by atoms with van der Waals surface area (Å²) in [6.07, 6.45) is 0. The number of carboxylic acids is 1. The zero-order chi connectivity index (χ0) is 13.0. The Hall–Kier alpha value is -1.68. The normalized spacial score (nSPS) is 10.1. The maximum atomic E-state index is 12.2. The molecule has 1 rings (SSSR count). The van der Waals surface area contributed by atoms with Crippen LogP contribution in [0.3, 0.4) is 0 Å². The molecule has 0 saturated heterocycles. The molecule has 7 heteroatoms. The largest absolute Gasteiger partial charge is 0.478 e. The molecule has 4 nitrogen and oxygen atoms in total. The van der Waals surface area contributed by atoms with E-state index < -0.39 is 23.9 Å². The average Bonchev–Trinajstić information content (AvgIpc) is 2.27. The van der Waals surface area contributed by atoms with E-state index in [9.17, 15) is 13.6 Å². The monoisotopic (exact) mass is 305 g/mol. The molecule has 0 heterocycles. The summed E-state index contributed by atoms with van der Waals surface area (Å²) in [5.74, 6) is -2.04. The Bertz CT molecular complexity index is 485. The molecule has 0 aromatic heterocycles. The SMILES string of the molecule is N#Cc1c(CBr)ccc(C(=O)O)c1OC(F)F. The van der Waals surface area contributed by atoms with Crippen LogP contribution in [0.15, 0.2) is 12.1 Å². The summed E-state index contributed by atoms with van der Waals surface area (Å²) < 4.78 is 28.5. The number of nitrogens with zero attached hydrogens (tertiary/aromatic N) is 1. The Morgan fingerprint density at radius 1 is 1.59 bits per heavy atom. The molecular weight excluding hydrogens is 300 g/mol. The number of rotatable bonds is 4. The van der Waals surface area contributed by atoms with Crippen LogP contribution in [0, 0.1) is 11.3 Å². The molecule has 1 N–H and O–H groups in total. The van der Waals surface area contributed by atoms with E-state index in [-0.39, 0.29) is 10.9 Å². The highest BCUT2D eigenvalue weighted by molar-refractivity contribution is 9.08. The Kier molecular flexibility index (Phi) is 4.40. The van der Waals surface area contributed by atoms with Crippen LogP contribution in [0.5, 0.6) is 5.75 Å². The van der Waals surface area contributed by atoms with Gasteiger partial charge in [-0.05, 0) is 11.6 Å². The summed E-state index contributed by atoms with van der Waals surface area (Å²) in [6, 6.07) is 4.16. The van der Waals surface area contributed by atoms with Gasteiger partial charge in [-0.2, -0.15) is 14.0 Å². The number of nitriles is 1. The highest BCUT2D eigenvalue weighted by Crippen LogP contribution is 2.29. The Morgan fingerprint density at radius 2 is 2.24 bits per heavy atom. The third-order valence-electron chi connectivity index (χ3n) is 1.94. The molecule has 0 amide bonds. The van der Waals surface area contributed by atoms with Gasteiger partial charge in [-0.25, -0.2) is 4.79 Å². The van der Waals surface area contributed by atoms with Crippen molar-refractivity contribution >= 4 is 21.9 Å². The maximum absolute atomic E-state index is 12.2. The number of carbonyl (C=O) groups is 1. The first kappa shape index (κ1) is 13.4. The van der Waals surface area contributed by atoms with Gasteiger partial charge in [0.25, 0.3) is 0 Å². The predicted octanol–water partition coefficient (Wildman–Crippen LogP) is 2.75. The fraction of sp³-hybridized carbons (Fsp3) is 0.200. The molecule has 0 aliphatic heterocycles. The average molecular weight is 306 g/mol. The number of alkyl halides is 3. The van der Waals surface area contributed by atoms with Crippen molar-refractivity contribution in [2.45, 2.75) is 11.9 Å². The number of carboxylic acid groups (broad SMARTS) is 1. The molecule has 0 atom stereocenters. The molecule has 0 unspecified atom stereocenters. The number of halogens is 3. The van der Waals surface area contributed by atoms with Crippen molar-refractivity contribution in [1.82, 2.24) is 0 Å². The molecule has 0 aliphatic rings. The van der Waals surface area contributed by atoms with Gasteiger partial charge in [-0.1, -0.05) is 22.0 Å². The van der Waals surface area contributed by atoms with E-state index in [4.69, 9.17) is 10.4 Å². The van der Waals surface area contributed by atoms with Crippen molar-refractivity contribution < 1.29 is 23.4 Å². The summed E-state index contributed by atoms with van der Waals surface area (Å²) in [5.41, 5.74) is -0.290. The van der Waals surface area contributed by atoms with Crippen LogP contribution in [-0.2, 0) is 5.33 Å². The molecule has 0 fully saturated rings. The van der Waals surface area contributed by atoms with Gasteiger partial charge < -0.3 is 9.84 Å². The van der Waals surface area contributed by atoms with Crippen molar-refractivity contribution in [2.24, 2.45) is 0 Å². The lowest BCUT2D eigenvalue weighted by atomic mass is 10.0. The van der Waals surface area contributed by atoms with Gasteiger partial charge >= 0.3 is 12.6 Å². The standard InChI is InChI=1S/C10H6BrF2NO3/c11-3-5-1-2-6(9(15)16)8(7(5)4-14)17-10(12)13/h1-2,10H,3H2,(H,15,16). The van der Waals surface area contributed by atoms with Crippen LogP contribution in [0.4, 0.5) is 8.78 Å². The van der Waals surface area contributed by atoms with E-state index in [1.54, 1.807) is 6.07 Å². The van der Waals surface area contributed by atoms with Gasteiger partial charge in [0.1, 0.15) is 11.6 Å². The molecule has 0 radical (unpaired) electrons. The number of hydrogen-bond acceptors (Lipinski definition) is 3. The zero-order valence-corrected chi connectivity index (χ0v) is 9.87. The van der Waals surface area contributed by atoms with E-state index in [0.29, 0.717) is 5.56 Å². The van der Waals surface area contributed by atoms with Crippen molar-refractivity contribution in [3.05, 3.63) is 28.8 Å². The zero-order valence-electron chi connectivity index (χ0n) is 8.28. The highest BCUT2D eigenvalue weighted by atomic mass is 79.9. The molecule has 0 aliphatic carbocycles. The second-order valence-corrected chi connectivity index (χ2v) is 3.47. The van der Waals surface area contributed by atoms with E-state index in [0.717, 1.165) is 6.07 Å². The lowest BCUT2D eigenvalue weighted by Gasteiger charge is -2.11. The van der Waals surface area contributed by atoms with Crippen LogP contribution in [0.25, 0.3) is 0 Å². The first-order valence-electron chi connectivity index (χ1n) is 4.31. The van der Waals surface area contributed by atoms with Gasteiger partial charge in [0, 0.05) is 5.33 Å². The molecule has 0 saturated carbocycles. The van der Waals surface area contributed by atoms with Crippen molar-refractivity contribution in [3.63, 3.8) is 0 Å². The lowest BCUT2D eigenvalue weighted by molar-refractivity contribution is -0.0505. The highest BCUT2D eigenvalue weighted by Gasteiger charge is 2.21. The van der Waals surface area contributed by atoms with E-state index in [2.05, 4.69) is 20.7 Å². The summed E-state index contributed by atoms with van der Waals surface area (Å²) in [6.45, 7) is -3.19. The van der Waals surface area contributed by atoms with Gasteiger partial charge in [0.15, 0.2) is 5.75 Å². The summed E-state index contributed by atoms with van der Waals surface area (Å²) in [5, 5.41) is 17.9. The summed E-state index contributed by atoms with van der Waals surface area (Å²) in [4.78, 5) is 10.8. The molecule has 0 bridgehead atoms. The summed E-state index contributed by atoms with van der Waals surface area (Å²) >= 11 is 3.07. The number of benzene rings is 1. The molecule has 17 heavy (non-hydrogen) atoms. The molecule has 0 spiro atoms. The van der Waals surface area contributed by atoms with E-state index >= 15 is 0 Å². The smallest absolute Gasteiger partial charge is 0.387 e. The molecule has 1 aromatic carbocycles. The third-order valence-corrected chi connectivity index (χ3v) is 2.54. The minimum Gasteiger partial charge on any atom is -0.478 e. The molecule has 90 valence electrons. The van der Waals surface area contributed by atoms with Crippen LogP contribution < -0.4 is 4.74 Å². The van der Waals surface area contributed by atoms with E-state index in [1.165, 1.54) is 6.07 Å². The number of hydrogen-bond donors (Lipinski definition) is 1. The molecular formula is C10H6BrF2NO3. The van der Waals surface area contributed by atoms with Crippen LogP contribution in [0.1, 0.15) is 21.5 Å². The minimum atomic E-state index is -3.19. The van der Waals surface area contributed by atoms with E-state index in [1.807, 2.05) is 0 Å². The molecule has 1 aromatic rings. The fourth-order valence-corrected chi connectivity index (χ4v) is 1.70. The van der Waals surface area contributed by atoms with Crippen molar-refractivity contribution in [3.8, 4) is 11.8 Å². The number of ether oxygens (including phenoxy) is 1. The number of aromatic carboxylic acids is 1. The van der Waals surface area contributed by atoms with Crippen molar-refractivity contribution in [2.75, 3.05) is 0 Å². The van der Waals surface area contributed by atoms with Gasteiger partial charge in [0.05, 0.1) is 5.56 Å². The van der Waals surface area contributed by atoms with Gasteiger partial charge in [-0.3, -0.25) is 0 Å². The second-order valence-electron chi connectivity index (χ2n) is 2.91. The van der Waals surface area contributed by atoms with Gasteiger partial charge in [-0.15, -0.1) is 0 Å². The maximum Gasteiger partial charge on any atom is 0.387 e. The van der Waals surface area contributed by atoms with Gasteiger partial charge in [0.2, 0.25) is 0 Å². The second kappa shape index (κ2) is 5.59. The quantitative estimate of drug-likeness (QED) is 0.868. The first-order chi connectivity index (χ1) is 8.01. The first-order valence-corrected chi connectivity index (χ1v) is 5.43. The minimum absolute atomic E-state index is 0.206. The topological polar surface area (TPSA) is 70.3 Å². The Morgan fingerprint density at radius 3 is 2.65 bits per heavy atom. The van der Waals surface area contributed by atoms with Crippen LogP contribution in [0.2, 0.25) is 0 Å². The predicted molar refractivity (Wildman–Crippen MR) is 57.4 cm³/mol. The van der Waals surface area contributed by atoms with Crippen LogP contribution in [-0.4, -0.2) is 17.7 Å². The lowest BCUT2D eigenvalue weighted by Crippen LogP contribution is -2.10. The Balaban J connectivity index is 3.45. The summed E-state index contributed by atoms with van der Waals surface area (Å²) in [7, 11) is 0. The Labute approximate surface area is 104 Å².